The van der Waals surface area contributed by atoms with Gasteiger partial charge in [-0.25, -0.2) is 0 Å². The fourth-order valence-electron chi connectivity index (χ4n) is 1.45. The van der Waals surface area contributed by atoms with E-state index in [2.05, 4.69) is 24.0 Å². The molecule has 1 aromatic heterocycles. The second kappa shape index (κ2) is 2.95. The first-order valence-electron chi connectivity index (χ1n) is 4.35. The van der Waals surface area contributed by atoms with Crippen molar-refractivity contribution in [2.75, 3.05) is 0 Å². The van der Waals surface area contributed by atoms with E-state index in [0.29, 0.717) is 5.56 Å². The minimum atomic E-state index is 0.706. The number of benzene rings is 1. The molecule has 0 fully saturated rings. The molecule has 13 heavy (non-hydrogen) atoms. The van der Waals surface area contributed by atoms with Crippen LogP contribution < -0.4 is 0 Å². The molecule has 0 spiro atoms. The number of aryl methyl sites for hydroxylation is 1. The van der Waals surface area contributed by atoms with Gasteiger partial charge in [-0.1, -0.05) is 13.0 Å². The van der Waals surface area contributed by atoms with Gasteiger partial charge in [-0.3, -0.25) is 0 Å². The average molecular weight is 170 g/mol. The van der Waals surface area contributed by atoms with Gasteiger partial charge in [-0.2, -0.15) is 5.26 Å². The molecule has 1 N–H and O–H groups in total. The number of nitriles is 1. The van der Waals surface area contributed by atoms with Gasteiger partial charge in [0.25, 0.3) is 0 Å². The van der Waals surface area contributed by atoms with Crippen molar-refractivity contribution < 1.29 is 0 Å². The number of hydrogen-bond donors (Lipinski definition) is 1. The maximum atomic E-state index is 8.70. The van der Waals surface area contributed by atoms with Gasteiger partial charge < -0.3 is 4.98 Å². The lowest BCUT2D eigenvalue weighted by atomic mass is 10.2. The summed E-state index contributed by atoms with van der Waals surface area (Å²) in [7, 11) is 0. The second-order valence-corrected chi connectivity index (χ2v) is 3.06. The van der Waals surface area contributed by atoms with E-state index in [4.69, 9.17) is 5.26 Å². The SMILES string of the molecule is CCc1cc2ccc(C#N)cc2[nH]1. The Balaban J connectivity index is 2.65. The van der Waals surface area contributed by atoms with E-state index in [-0.39, 0.29) is 0 Å². The quantitative estimate of drug-likeness (QED) is 0.702. The van der Waals surface area contributed by atoms with E-state index in [1.54, 1.807) is 0 Å². The van der Waals surface area contributed by atoms with Crippen molar-refractivity contribution >= 4 is 10.9 Å². The van der Waals surface area contributed by atoms with E-state index in [9.17, 15) is 0 Å². The van der Waals surface area contributed by atoms with E-state index in [0.717, 1.165) is 11.9 Å². The molecule has 0 atom stereocenters. The highest BCUT2D eigenvalue weighted by molar-refractivity contribution is 5.81. The van der Waals surface area contributed by atoms with Crippen LogP contribution in [0.25, 0.3) is 10.9 Å². The molecule has 1 aromatic carbocycles. The number of nitrogens with zero attached hydrogens (tertiary/aromatic N) is 1. The van der Waals surface area contributed by atoms with Crippen LogP contribution in [0.4, 0.5) is 0 Å². The number of nitrogens with one attached hydrogen (secondary N) is 1. The number of hydrogen-bond acceptors (Lipinski definition) is 1. The Morgan fingerprint density at radius 2 is 2.23 bits per heavy atom. The third-order valence-electron chi connectivity index (χ3n) is 2.19. The lowest BCUT2D eigenvalue weighted by Gasteiger charge is -1.89. The number of rotatable bonds is 1. The highest BCUT2D eigenvalue weighted by Gasteiger charge is 1.99. The summed E-state index contributed by atoms with van der Waals surface area (Å²) in [5, 5.41) is 9.87. The summed E-state index contributed by atoms with van der Waals surface area (Å²) in [5.41, 5.74) is 2.97. The molecular weight excluding hydrogens is 160 g/mol. The Labute approximate surface area is 76.8 Å². The Morgan fingerprint density at radius 1 is 1.38 bits per heavy atom. The van der Waals surface area contributed by atoms with Gasteiger partial charge in [-0.05, 0) is 30.0 Å². The zero-order valence-corrected chi connectivity index (χ0v) is 7.46. The summed E-state index contributed by atoms with van der Waals surface area (Å²) >= 11 is 0. The summed E-state index contributed by atoms with van der Waals surface area (Å²) in [4.78, 5) is 3.27. The average Bonchev–Trinajstić information content (AvgIpc) is 2.58. The molecule has 0 radical (unpaired) electrons. The second-order valence-electron chi connectivity index (χ2n) is 3.06. The van der Waals surface area contributed by atoms with Crippen molar-refractivity contribution in [1.82, 2.24) is 4.98 Å². The summed E-state index contributed by atoms with van der Waals surface area (Å²) in [5.74, 6) is 0. The lowest BCUT2D eigenvalue weighted by molar-refractivity contribution is 1.07. The number of aromatic nitrogens is 1. The molecule has 0 saturated carbocycles. The molecule has 0 amide bonds. The molecule has 1 heterocycles. The normalized spacial score (nSPS) is 10.2. The summed E-state index contributed by atoms with van der Waals surface area (Å²) < 4.78 is 0. The highest BCUT2D eigenvalue weighted by atomic mass is 14.7. The van der Waals surface area contributed by atoms with Gasteiger partial charge in [0.1, 0.15) is 0 Å². The minimum Gasteiger partial charge on any atom is -0.358 e. The zero-order valence-electron chi connectivity index (χ0n) is 7.46. The van der Waals surface area contributed by atoms with Crippen LogP contribution in [0.15, 0.2) is 24.3 Å². The predicted octanol–water partition coefficient (Wildman–Crippen LogP) is 2.60. The van der Waals surface area contributed by atoms with Gasteiger partial charge in [0.2, 0.25) is 0 Å². The largest absolute Gasteiger partial charge is 0.358 e. The van der Waals surface area contributed by atoms with Crippen LogP contribution in [0.3, 0.4) is 0 Å². The van der Waals surface area contributed by atoms with E-state index in [1.165, 1.54) is 11.1 Å². The Hall–Kier alpha value is -1.75. The van der Waals surface area contributed by atoms with Crippen LogP contribution in [0.1, 0.15) is 18.2 Å². The van der Waals surface area contributed by atoms with Gasteiger partial charge in [0.15, 0.2) is 0 Å². The van der Waals surface area contributed by atoms with Crippen LogP contribution >= 0.6 is 0 Å². The molecule has 64 valence electrons. The van der Waals surface area contributed by atoms with Crippen LogP contribution in [0.5, 0.6) is 0 Å². The first-order chi connectivity index (χ1) is 6.33. The molecule has 0 aliphatic heterocycles. The fraction of sp³-hybridized carbons (Fsp3) is 0.182. The monoisotopic (exact) mass is 170 g/mol. The van der Waals surface area contributed by atoms with Crippen LogP contribution in [-0.4, -0.2) is 4.98 Å². The summed E-state index contributed by atoms with van der Waals surface area (Å²) in [6, 6.07) is 9.95. The van der Waals surface area contributed by atoms with Crippen molar-refractivity contribution in [3.05, 3.63) is 35.5 Å². The van der Waals surface area contributed by atoms with Crippen molar-refractivity contribution in [2.24, 2.45) is 0 Å². The Kier molecular flexibility index (Phi) is 1.79. The molecule has 2 heteroatoms. The van der Waals surface area contributed by atoms with E-state index < -0.39 is 0 Å². The molecule has 2 rings (SSSR count). The third kappa shape index (κ3) is 1.29. The first-order valence-corrected chi connectivity index (χ1v) is 4.35. The Morgan fingerprint density at radius 3 is 2.92 bits per heavy atom. The molecule has 0 saturated heterocycles. The lowest BCUT2D eigenvalue weighted by Crippen LogP contribution is -1.76. The first kappa shape index (κ1) is 7.88. The third-order valence-corrected chi connectivity index (χ3v) is 2.19. The number of fused-ring (bicyclic) bond motifs is 1. The number of aromatic amines is 1. The van der Waals surface area contributed by atoms with Crippen LogP contribution in [-0.2, 0) is 6.42 Å². The Bertz CT molecular complexity index is 474. The van der Waals surface area contributed by atoms with Crippen molar-refractivity contribution in [3.8, 4) is 6.07 Å². The minimum absolute atomic E-state index is 0.706. The molecular formula is C11H10N2. The van der Waals surface area contributed by atoms with Crippen LogP contribution in [0.2, 0.25) is 0 Å². The van der Waals surface area contributed by atoms with Crippen molar-refractivity contribution in [2.45, 2.75) is 13.3 Å². The summed E-state index contributed by atoms with van der Waals surface area (Å²) in [6.07, 6.45) is 0.997. The smallest absolute Gasteiger partial charge is 0.0992 e. The van der Waals surface area contributed by atoms with Crippen LogP contribution in [0, 0.1) is 11.3 Å². The molecule has 2 aromatic rings. The van der Waals surface area contributed by atoms with Gasteiger partial charge in [-0.15, -0.1) is 0 Å². The van der Waals surface area contributed by atoms with Gasteiger partial charge in [0.05, 0.1) is 11.6 Å². The topological polar surface area (TPSA) is 39.6 Å². The van der Waals surface area contributed by atoms with Gasteiger partial charge in [0, 0.05) is 11.2 Å². The molecule has 2 nitrogen and oxygen atoms in total. The molecule has 0 aliphatic rings. The predicted molar refractivity (Wildman–Crippen MR) is 52.4 cm³/mol. The highest BCUT2D eigenvalue weighted by Crippen LogP contribution is 2.16. The van der Waals surface area contributed by atoms with Crippen molar-refractivity contribution in [1.29, 1.82) is 5.26 Å². The maximum absolute atomic E-state index is 8.70. The molecule has 0 aliphatic carbocycles. The maximum Gasteiger partial charge on any atom is 0.0992 e. The van der Waals surface area contributed by atoms with E-state index in [1.807, 2.05) is 18.2 Å². The number of H-pyrrole nitrogens is 1. The molecule has 0 bridgehead atoms. The van der Waals surface area contributed by atoms with Gasteiger partial charge >= 0.3 is 0 Å². The van der Waals surface area contributed by atoms with E-state index >= 15 is 0 Å². The van der Waals surface area contributed by atoms with Crippen molar-refractivity contribution in [3.63, 3.8) is 0 Å². The summed E-state index contributed by atoms with van der Waals surface area (Å²) in [6.45, 7) is 2.11. The standard InChI is InChI=1S/C11H10N2/c1-2-10-6-9-4-3-8(7-12)5-11(9)13-10/h3-6,13H,2H2,1H3. The molecule has 0 unspecified atom stereocenters. The fourth-order valence-corrected chi connectivity index (χ4v) is 1.45. The zero-order chi connectivity index (χ0) is 9.26.